The standard InChI is InChI=1S/C17H20N4OS2/c1-9(2)12-8-13(19-14(18-12)10(3)4)24-17-20-15-11(6-7-23-15)16(22)21(17)5/h6-10H,1-5H3. The fourth-order valence-electron chi connectivity index (χ4n) is 2.23. The fourth-order valence-corrected chi connectivity index (χ4v) is 3.91. The van der Waals surface area contributed by atoms with Gasteiger partial charge < -0.3 is 0 Å². The number of rotatable bonds is 4. The van der Waals surface area contributed by atoms with E-state index in [-0.39, 0.29) is 11.5 Å². The Morgan fingerprint density at radius 3 is 2.54 bits per heavy atom. The minimum Gasteiger partial charge on any atom is -0.290 e. The molecule has 0 saturated carbocycles. The average Bonchev–Trinajstić information content (AvgIpc) is 3.00. The summed E-state index contributed by atoms with van der Waals surface area (Å²) in [7, 11) is 1.75. The van der Waals surface area contributed by atoms with E-state index in [0.29, 0.717) is 16.5 Å². The molecular weight excluding hydrogens is 340 g/mol. The number of hydrogen-bond donors (Lipinski definition) is 0. The summed E-state index contributed by atoms with van der Waals surface area (Å²) in [6.45, 7) is 8.40. The Kier molecular flexibility index (Phi) is 4.73. The lowest BCUT2D eigenvalue weighted by molar-refractivity contribution is 0.703. The van der Waals surface area contributed by atoms with Gasteiger partial charge in [-0.15, -0.1) is 11.3 Å². The topological polar surface area (TPSA) is 60.7 Å². The van der Waals surface area contributed by atoms with Gasteiger partial charge >= 0.3 is 0 Å². The molecule has 3 heterocycles. The molecule has 3 rings (SSSR count). The molecule has 0 radical (unpaired) electrons. The molecule has 0 fully saturated rings. The summed E-state index contributed by atoms with van der Waals surface area (Å²) in [6.07, 6.45) is 0. The van der Waals surface area contributed by atoms with Gasteiger partial charge in [-0.2, -0.15) is 0 Å². The van der Waals surface area contributed by atoms with E-state index in [4.69, 9.17) is 0 Å². The highest BCUT2D eigenvalue weighted by Gasteiger charge is 2.15. The largest absolute Gasteiger partial charge is 0.290 e. The van der Waals surface area contributed by atoms with E-state index in [1.807, 2.05) is 17.5 Å². The SMILES string of the molecule is CC(C)c1cc(Sc2nc3sccc3c(=O)n2C)nc(C(C)C)n1. The maximum absolute atomic E-state index is 12.4. The molecule has 7 heteroatoms. The molecule has 0 aromatic carbocycles. The summed E-state index contributed by atoms with van der Waals surface area (Å²) >= 11 is 2.90. The molecule has 0 bridgehead atoms. The lowest BCUT2D eigenvalue weighted by Crippen LogP contribution is -2.19. The van der Waals surface area contributed by atoms with Crippen LogP contribution in [0.4, 0.5) is 0 Å². The molecule has 3 aromatic rings. The van der Waals surface area contributed by atoms with Gasteiger partial charge in [0.1, 0.15) is 15.7 Å². The summed E-state index contributed by atoms with van der Waals surface area (Å²) in [5.74, 6) is 1.40. The third-order valence-electron chi connectivity index (χ3n) is 3.71. The van der Waals surface area contributed by atoms with Gasteiger partial charge in [0.15, 0.2) is 5.16 Å². The zero-order valence-electron chi connectivity index (χ0n) is 14.4. The second kappa shape index (κ2) is 6.64. The predicted octanol–water partition coefficient (Wildman–Crippen LogP) is 4.18. The zero-order valence-corrected chi connectivity index (χ0v) is 16.0. The maximum Gasteiger partial charge on any atom is 0.262 e. The van der Waals surface area contributed by atoms with Gasteiger partial charge in [0.05, 0.1) is 5.39 Å². The third kappa shape index (κ3) is 3.23. The normalized spacial score (nSPS) is 11.8. The molecule has 0 aliphatic heterocycles. The van der Waals surface area contributed by atoms with E-state index in [1.165, 1.54) is 23.1 Å². The van der Waals surface area contributed by atoms with E-state index in [0.717, 1.165) is 21.4 Å². The first kappa shape index (κ1) is 17.1. The van der Waals surface area contributed by atoms with Crippen LogP contribution in [-0.2, 0) is 7.05 Å². The van der Waals surface area contributed by atoms with Crippen LogP contribution in [0.3, 0.4) is 0 Å². The van der Waals surface area contributed by atoms with Crippen molar-refractivity contribution in [3.8, 4) is 0 Å². The van der Waals surface area contributed by atoms with E-state index in [9.17, 15) is 4.79 Å². The van der Waals surface area contributed by atoms with E-state index < -0.39 is 0 Å². The molecule has 0 atom stereocenters. The van der Waals surface area contributed by atoms with Crippen molar-refractivity contribution < 1.29 is 0 Å². The molecule has 126 valence electrons. The molecule has 24 heavy (non-hydrogen) atoms. The minimum atomic E-state index is -0.0222. The van der Waals surface area contributed by atoms with E-state index in [1.54, 1.807) is 11.6 Å². The van der Waals surface area contributed by atoms with Crippen molar-refractivity contribution in [2.45, 2.75) is 49.7 Å². The van der Waals surface area contributed by atoms with Crippen LogP contribution < -0.4 is 5.56 Å². The van der Waals surface area contributed by atoms with Gasteiger partial charge in [-0.1, -0.05) is 27.7 Å². The lowest BCUT2D eigenvalue weighted by atomic mass is 10.1. The highest BCUT2D eigenvalue weighted by Crippen LogP contribution is 2.28. The molecule has 0 amide bonds. The molecule has 0 spiro atoms. The quantitative estimate of drug-likeness (QED) is 0.516. The Balaban J connectivity index is 2.08. The first-order valence-electron chi connectivity index (χ1n) is 7.87. The summed E-state index contributed by atoms with van der Waals surface area (Å²) in [4.78, 5) is 27.1. The molecular formula is C17H20N4OS2. The van der Waals surface area contributed by atoms with Gasteiger partial charge in [0.2, 0.25) is 0 Å². The van der Waals surface area contributed by atoms with Crippen LogP contribution in [0.25, 0.3) is 10.2 Å². The Morgan fingerprint density at radius 1 is 1.12 bits per heavy atom. The predicted molar refractivity (Wildman–Crippen MR) is 99.2 cm³/mol. The number of aromatic nitrogens is 4. The van der Waals surface area contributed by atoms with Gasteiger partial charge in [-0.05, 0) is 35.2 Å². The molecule has 0 unspecified atom stereocenters. The van der Waals surface area contributed by atoms with Crippen LogP contribution in [0, 0.1) is 0 Å². The van der Waals surface area contributed by atoms with Crippen LogP contribution in [-0.4, -0.2) is 19.5 Å². The Bertz CT molecular complexity index is 917. The van der Waals surface area contributed by atoms with Crippen molar-refractivity contribution in [1.82, 2.24) is 19.5 Å². The maximum atomic E-state index is 12.4. The second-order valence-corrected chi connectivity index (χ2v) is 8.18. The van der Waals surface area contributed by atoms with Crippen LogP contribution >= 0.6 is 23.1 Å². The van der Waals surface area contributed by atoms with Crippen molar-refractivity contribution in [2.24, 2.45) is 7.05 Å². The van der Waals surface area contributed by atoms with Crippen LogP contribution in [0.5, 0.6) is 0 Å². The monoisotopic (exact) mass is 360 g/mol. The van der Waals surface area contributed by atoms with Crippen LogP contribution in [0.2, 0.25) is 0 Å². The van der Waals surface area contributed by atoms with Crippen LogP contribution in [0.1, 0.15) is 51.0 Å². The minimum absolute atomic E-state index is 0.0222. The highest BCUT2D eigenvalue weighted by atomic mass is 32.2. The number of hydrogen-bond acceptors (Lipinski definition) is 6. The third-order valence-corrected chi connectivity index (χ3v) is 5.48. The van der Waals surface area contributed by atoms with Gasteiger partial charge in [-0.3, -0.25) is 9.36 Å². The molecule has 0 saturated heterocycles. The summed E-state index contributed by atoms with van der Waals surface area (Å²) < 4.78 is 1.59. The summed E-state index contributed by atoms with van der Waals surface area (Å²) in [5.41, 5.74) is 0.990. The van der Waals surface area contributed by atoms with Gasteiger partial charge in [0.25, 0.3) is 5.56 Å². The number of nitrogens with zero attached hydrogens (tertiary/aromatic N) is 4. The van der Waals surface area contributed by atoms with Crippen LogP contribution in [0.15, 0.2) is 32.5 Å². The highest BCUT2D eigenvalue weighted by molar-refractivity contribution is 7.99. The molecule has 0 N–H and O–H groups in total. The second-order valence-electron chi connectivity index (χ2n) is 6.30. The smallest absolute Gasteiger partial charge is 0.262 e. The molecule has 3 aromatic heterocycles. The summed E-state index contributed by atoms with van der Waals surface area (Å²) in [6, 6.07) is 3.81. The van der Waals surface area contributed by atoms with Crippen molar-refractivity contribution in [3.05, 3.63) is 39.4 Å². The first-order valence-corrected chi connectivity index (χ1v) is 9.57. The summed E-state index contributed by atoms with van der Waals surface area (Å²) in [5, 5.41) is 4.04. The lowest BCUT2D eigenvalue weighted by Gasteiger charge is -2.12. The van der Waals surface area contributed by atoms with E-state index in [2.05, 4.69) is 42.6 Å². The van der Waals surface area contributed by atoms with Crippen molar-refractivity contribution in [1.29, 1.82) is 0 Å². The fraction of sp³-hybridized carbons (Fsp3) is 0.412. The Labute approximate surface area is 149 Å². The van der Waals surface area contributed by atoms with Crippen molar-refractivity contribution >= 4 is 33.3 Å². The molecule has 5 nitrogen and oxygen atoms in total. The van der Waals surface area contributed by atoms with Gasteiger partial charge in [-0.25, -0.2) is 15.0 Å². The van der Waals surface area contributed by atoms with Gasteiger partial charge in [0, 0.05) is 18.7 Å². The Hall–Kier alpha value is -1.73. The molecule has 0 aliphatic carbocycles. The van der Waals surface area contributed by atoms with Crippen molar-refractivity contribution in [2.75, 3.05) is 0 Å². The first-order chi connectivity index (χ1) is 11.4. The number of thiophene rings is 1. The zero-order chi connectivity index (χ0) is 17.4. The van der Waals surface area contributed by atoms with Crippen molar-refractivity contribution in [3.63, 3.8) is 0 Å². The molecule has 0 aliphatic rings. The number of fused-ring (bicyclic) bond motifs is 1. The average molecular weight is 361 g/mol. The Morgan fingerprint density at radius 2 is 1.88 bits per heavy atom. The van der Waals surface area contributed by atoms with E-state index >= 15 is 0 Å².